The molecule has 5 aromatic carbocycles. The molecular formula is C51H40N2. The topological polar surface area (TPSA) is 8.17 Å². The Labute approximate surface area is 312 Å². The van der Waals surface area contributed by atoms with Gasteiger partial charge in [0, 0.05) is 33.4 Å². The van der Waals surface area contributed by atoms with Crippen LogP contribution in [0.2, 0.25) is 0 Å². The van der Waals surface area contributed by atoms with E-state index in [-0.39, 0.29) is 5.41 Å². The molecule has 1 unspecified atom stereocenters. The average molecular weight is 681 g/mol. The maximum atomic E-state index is 5.94. The molecule has 2 heteroatoms. The van der Waals surface area contributed by atoms with Crippen molar-refractivity contribution in [2.24, 2.45) is 0 Å². The number of allylic oxidation sites excluding steroid dienone is 12. The van der Waals surface area contributed by atoms with Crippen LogP contribution in [-0.4, -0.2) is 4.57 Å². The third-order valence-electron chi connectivity index (χ3n) is 11.3. The molecule has 3 aliphatic rings. The van der Waals surface area contributed by atoms with Crippen LogP contribution < -0.4 is 4.90 Å². The third-order valence-corrected chi connectivity index (χ3v) is 11.3. The predicted molar refractivity (Wildman–Crippen MR) is 226 cm³/mol. The number of terminal acetylenes is 1. The standard InChI is InChI=1S/C51H40N2/c1-5-8-23-39-35(4)51(44-27-15-12-24-40(44)41-25-13-16-28-45(41)51)46-29-18-31-49(50(39)46)52(36(19-6-2)20-7-3)38-32-33-48-43(34-38)42-26-14-17-30-47(42)53(48)37-21-10-9-11-22-37/h1,6-15,17-27,29-34H,2,16,28H2,3-4H3/b20-7-,23-8-,36-19+. The second kappa shape index (κ2) is 12.9. The van der Waals surface area contributed by atoms with Gasteiger partial charge in [-0.1, -0.05) is 110 Å². The molecule has 0 amide bonds. The fraction of sp³-hybridized carbons (Fsp3) is 0.0980. The first kappa shape index (κ1) is 32.4. The lowest BCUT2D eigenvalue weighted by molar-refractivity contribution is 0.695. The summed E-state index contributed by atoms with van der Waals surface area (Å²) in [5.74, 6) is 2.81. The Kier molecular flexibility index (Phi) is 7.87. The van der Waals surface area contributed by atoms with Crippen molar-refractivity contribution in [2.45, 2.75) is 32.1 Å². The Morgan fingerprint density at radius 2 is 1.64 bits per heavy atom. The highest BCUT2D eigenvalue weighted by molar-refractivity contribution is 6.11. The summed E-state index contributed by atoms with van der Waals surface area (Å²) in [5, 5.41) is 2.41. The number of para-hydroxylation sites is 2. The summed E-state index contributed by atoms with van der Waals surface area (Å²) in [6, 6.07) is 42.1. The fourth-order valence-corrected chi connectivity index (χ4v) is 9.38. The molecule has 0 fully saturated rings. The van der Waals surface area contributed by atoms with E-state index in [1.165, 1.54) is 66.4 Å². The van der Waals surface area contributed by atoms with E-state index >= 15 is 0 Å². The zero-order valence-corrected chi connectivity index (χ0v) is 30.2. The quantitative estimate of drug-likeness (QED) is 0.120. The zero-order chi connectivity index (χ0) is 36.1. The van der Waals surface area contributed by atoms with Gasteiger partial charge in [-0.15, -0.1) is 6.42 Å². The monoisotopic (exact) mass is 680 g/mol. The lowest BCUT2D eigenvalue weighted by Gasteiger charge is -2.35. The number of anilines is 2. The fourth-order valence-electron chi connectivity index (χ4n) is 9.38. The maximum Gasteiger partial charge on any atom is 0.0649 e. The molecule has 3 aliphatic carbocycles. The Bertz CT molecular complexity index is 2710. The molecule has 0 radical (unpaired) electrons. The van der Waals surface area contributed by atoms with E-state index in [0.29, 0.717) is 0 Å². The number of nitrogens with zero attached hydrogens (tertiary/aromatic N) is 2. The lowest BCUT2D eigenvalue weighted by atomic mass is 9.67. The molecule has 0 saturated carbocycles. The number of aromatic nitrogens is 1. The molecule has 6 aromatic rings. The van der Waals surface area contributed by atoms with E-state index in [1.54, 1.807) is 0 Å². The van der Waals surface area contributed by atoms with Crippen LogP contribution in [0.25, 0.3) is 38.6 Å². The number of hydrogen-bond acceptors (Lipinski definition) is 1. The van der Waals surface area contributed by atoms with Crippen LogP contribution in [0.3, 0.4) is 0 Å². The zero-order valence-electron chi connectivity index (χ0n) is 30.2. The predicted octanol–water partition coefficient (Wildman–Crippen LogP) is 12.9. The van der Waals surface area contributed by atoms with Crippen LogP contribution >= 0.6 is 0 Å². The number of rotatable bonds is 7. The van der Waals surface area contributed by atoms with Crippen molar-refractivity contribution in [3.63, 3.8) is 0 Å². The molecule has 0 bridgehead atoms. The van der Waals surface area contributed by atoms with E-state index in [0.717, 1.165) is 35.6 Å². The van der Waals surface area contributed by atoms with E-state index in [4.69, 9.17) is 6.42 Å². The van der Waals surface area contributed by atoms with E-state index in [2.05, 4.69) is 188 Å². The summed E-state index contributed by atoms with van der Waals surface area (Å²) in [7, 11) is 0. The first-order valence-electron chi connectivity index (χ1n) is 18.5. The van der Waals surface area contributed by atoms with Gasteiger partial charge in [0.25, 0.3) is 0 Å². The molecule has 2 nitrogen and oxygen atoms in total. The summed E-state index contributed by atoms with van der Waals surface area (Å²) < 4.78 is 2.37. The Hall–Kier alpha value is -6.56. The molecule has 53 heavy (non-hydrogen) atoms. The van der Waals surface area contributed by atoms with Crippen molar-refractivity contribution < 1.29 is 0 Å². The molecule has 0 aliphatic heterocycles. The van der Waals surface area contributed by atoms with Crippen molar-refractivity contribution in [3.05, 3.63) is 210 Å². The van der Waals surface area contributed by atoms with Crippen LogP contribution in [0.5, 0.6) is 0 Å². The van der Waals surface area contributed by atoms with Gasteiger partial charge >= 0.3 is 0 Å². The minimum atomic E-state index is -0.377. The van der Waals surface area contributed by atoms with E-state index < -0.39 is 0 Å². The molecular weight excluding hydrogens is 641 g/mol. The first-order valence-corrected chi connectivity index (χ1v) is 18.5. The van der Waals surface area contributed by atoms with Gasteiger partial charge in [-0.2, -0.15) is 0 Å². The molecule has 254 valence electrons. The summed E-state index contributed by atoms with van der Waals surface area (Å²) >= 11 is 0. The summed E-state index contributed by atoms with van der Waals surface area (Å²) in [4.78, 5) is 2.40. The molecule has 1 heterocycles. The van der Waals surface area contributed by atoms with Gasteiger partial charge in [-0.3, -0.25) is 0 Å². The number of benzene rings is 5. The van der Waals surface area contributed by atoms with Gasteiger partial charge in [0.2, 0.25) is 0 Å². The number of hydrogen-bond donors (Lipinski definition) is 0. The molecule has 1 spiro atoms. The SMILES string of the molecule is C#C/C=C\C1=C(C)C2(C3=C(C=CCC3)c3ccccc32)c2cccc(N(C(/C=C\C)=C/C=C)c3ccc4c(c3)c3ccccc3n4-c3ccccc3)c21. The lowest BCUT2D eigenvalue weighted by Crippen LogP contribution is -2.28. The largest absolute Gasteiger partial charge is 0.310 e. The van der Waals surface area contributed by atoms with Gasteiger partial charge in [0.15, 0.2) is 0 Å². The van der Waals surface area contributed by atoms with Crippen LogP contribution in [0.4, 0.5) is 11.4 Å². The van der Waals surface area contributed by atoms with Gasteiger partial charge in [0.1, 0.15) is 0 Å². The van der Waals surface area contributed by atoms with Gasteiger partial charge in [-0.05, 0) is 132 Å². The minimum absolute atomic E-state index is 0.377. The van der Waals surface area contributed by atoms with Gasteiger partial charge in [0.05, 0.1) is 22.1 Å². The summed E-state index contributed by atoms with van der Waals surface area (Å²) in [6.07, 6.45) is 24.9. The first-order chi connectivity index (χ1) is 26.1. The Morgan fingerprint density at radius 1 is 0.868 bits per heavy atom. The third kappa shape index (κ3) is 4.67. The van der Waals surface area contributed by atoms with Crippen LogP contribution in [-0.2, 0) is 5.41 Å². The van der Waals surface area contributed by atoms with Crippen LogP contribution in [0, 0.1) is 12.3 Å². The molecule has 0 saturated heterocycles. The maximum absolute atomic E-state index is 5.94. The molecule has 1 aromatic heterocycles. The average Bonchev–Trinajstić information content (AvgIpc) is 3.79. The van der Waals surface area contributed by atoms with Gasteiger partial charge < -0.3 is 9.47 Å². The van der Waals surface area contributed by atoms with E-state index in [9.17, 15) is 0 Å². The Morgan fingerprint density at radius 3 is 2.47 bits per heavy atom. The smallest absolute Gasteiger partial charge is 0.0649 e. The molecule has 9 rings (SSSR count). The second-order valence-corrected chi connectivity index (χ2v) is 13.9. The van der Waals surface area contributed by atoms with Crippen LogP contribution in [0.15, 0.2) is 187 Å². The van der Waals surface area contributed by atoms with Crippen molar-refractivity contribution >= 4 is 44.3 Å². The van der Waals surface area contributed by atoms with Crippen molar-refractivity contribution in [2.75, 3.05) is 4.90 Å². The minimum Gasteiger partial charge on any atom is -0.310 e. The molecule has 1 atom stereocenters. The van der Waals surface area contributed by atoms with Gasteiger partial charge in [-0.25, -0.2) is 0 Å². The second-order valence-electron chi connectivity index (χ2n) is 13.9. The Balaban J connectivity index is 1.35. The van der Waals surface area contributed by atoms with E-state index in [1.807, 2.05) is 12.2 Å². The molecule has 0 N–H and O–H groups in total. The van der Waals surface area contributed by atoms with Crippen molar-refractivity contribution in [3.8, 4) is 18.0 Å². The summed E-state index contributed by atoms with van der Waals surface area (Å²) in [5.41, 5.74) is 16.9. The highest BCUT2D eigenvalue weighted by Crippen LogP contribution is 2.64. The van der Waals surface area contributed by atoms with Crippen molar-refractivity contribution in [1.29, 1.82) is 0 Å². The highest BCUT2D eigenvalue weighted by atomic mass is 15.2. The highest BCUT2D eigenvalue weighted by Gasteiger charge is 2.52. The summed E-state index contributed by atoms with van der Waals surface area (Å²) in [6.45, 7) is 8.55. The van der Waals surface area contributed by atoms with Crippen molar-refractivity contribution in [1.82, 2.24) is 4.57 Å². The normalized spacial score (nSPS) is 17.7. The van der Waals surface area contributed by atoms with Crippen LogP contribution in [0.1, 0.15) is 48.9 Å². The number of fused-ring (bicyclic) bond motifs is 9.